The van der Waals surface area contributed by atoms with Gasteiger partial charge in [0.25, 0.3) is 0 Å². The molecule has 1 fully saturated rings. The Bertz CT molecular complexity index is 1580. The van der Waals surface area contributed by atoms with E-state index in [2.05, 4.69) is 86.8 Å². The molecule has 0 saturated carbocycles. The summed E-state index contributed by atoms with van der Waals surface area (Å²) in [6.45, 7) is 5.69. The third kappa shape index (κ3) is 43.7. The minimum Gasteiger partial charge on any atom is -0.454 e. The lowest BCUT2D eigenvalue weighted by Gasteiger charge is -2.41. The highest BCUT2D eigenvalue weighted by Crippen LogP contribution is 2.26. The van der Waals surface area contributed by atoms with Crippen molar-refractivity contribution in [3.05, 3.63) is 72.9 Å². The first-order chi connectivity index (χ1) is 39.2. The molecule has 6 N–H and O–H groups in total. The molecule has 0 aromatic carbocycles. The average Bonchev–Trinajstić information content (AvgIpc) is 3.45. The molecule has 8 atom stereocenters. The third-order valence-electron chi connectivity index (χ3n) is 15.4. The zero-order valence-corrected chi connectivity index (χ0v) is 51.4. The number of aliphatic hydroxyl groups is 5. The Balaban J connectivity index is 2.64. The van der Waals surface area contributed by atoms with E-state index < -0.39 is 67.4 Å². The Morgan fingerprint density at radius 2 is 0.900 bits per heavy atom. The summed E-state index contributed by atoms with van der Waals surface area (Å²) in [5.74, 6) is -1.21. The van der Waals surface area contributed by atoms with Crippen molar-refractivity contribution in [1.82, 2.24) is 5.32 Å². The minimum atomic E-state index is -1.62. The van der Waals surface area contributed by atoms with Gasteiger partial charge in [0.2, 0.25) is 5.91 Å². The quantitative estimate of drug-likeness (QED) is 0.0195. The molecule has 1 rings (SSSR count). The van der Waals surface area contributed by atoms with Gasteiger partial charge in [0.15, 0.2) is 12.4 Å². The Kier molecular flexibility index (Phi) is 53.1. The van der Waals surface area contributed by atoms with E-state index in [0.29, 0.717) is 19.3 Å². The van der Waals surface area contributed by atoms with Gasteiger partial charge >= 0.3 is 5.97 Å². The summed E-state index contributed by atoms with van der Waals surface area (Å²) in [5.41, 5.74) is 0. The molecular formula is C69H123NO10. The number of ether oxygens (including phenoxy) is 3. The standard InChI is InChI=1S/C69H123NO10/c1-4-7-10-13-16-19-22-25-27-29-31-32-33-35-37-39-42-45-48-51-54-57-64(74)80-67-66(76)65(75)63(58-71)79-69(67)78-59-60(61(72)55-52-49-46-43-40-24-21-18-15-12-9-6-3)70-68(77)62(73)56-53-50-47-44-41-38-36-34-30-28-26-23-20-17-14-11-8-5-2/h7,10,16,19,25,27,31-32,35,37,52,55,60-63,65-67,69,71-73,75-76H,4-6,8-9,11-15,17-18,20-24,26,28-30,33-34,36,38-51,53-54,56-59H2,1-3H3,(H,70,77)/b10-7-,19-16-,27-25-,32-31-,37-35-,55-52+. The van der Waals surface area contributed by atoms with Crippen molar-refractivity contribution in [3.8, 4) is 0 Å². The van der Waals surface area contributed by atoms with Crippen molar-refractivity contribution < 1.29 is 49.3 Å². The second kappa shape index (κ2) is 56.6. The molecule has 0 aromatic heterocycles. The van der Waals surface area contributed by atoms with E-state index in [4.69, 9.17) is 14.2 Å². The third-order valence-corrected chi connectivity index (χ3v) is 15.4. The van der Waals surface area contributed by atoms with Crippen molar-refractivity contribution in [2.75, 3.05) is 13.2 Å². The van der Waals surface area contributed by atoms with Crippen LogP contribution in [0.25, 0.3) is 0 Å². The summed E-state index contributed by atoms with van der Waals surface area (Å²) < 4.78 is 17.6. The fraction of sp³-hybridized carbons (Fsp3) is 0.797. The van der Waals surface area contributed by atoms with Crippen LogP contribution in [0.4, 0.5) is 0 Å². The van der Waals surface area contributed by atoms with Gasteiger partial charge in [-0.2, -0.15) is 0 Å². The zero-order chi connectivity index (χ0) is 58.2. The average molecular weight is 1130 g/mol. The van der Waals surface area contributed by atoms with Gasteiger partial charge in [0.05, 0.1) is 25.4 Å². The fourth-order valence-electron chi connectivity index (χ4n) is 10.1. The second-order valence-electron chi connectivity index (χ2n) is 22.8. The van der Waals surface area contributed by atoms with Crippen LogP contribution in [0.5, 0.6) is 0 Å². The molecule has 1 saturated heterocycles. The predicted octanol–water partition coefficient (Wildman–Crippen LogP) is 16.3. The zero-order valence-electron chi connectivity index (χ0n) is 51.4. The number of amides is 1. The smallest absolute Gasteiger partial charge is 0.306 e. The topological polar surface area (TPSA) is 175 Å². The lowest BCUT2D eigenvalue weighted by Crippen LogP contribution is -2.61. The van der Waals surface area contributed by atoms with Crippen LogP contribution in [0, 0.1) is 0 Å². The van der Waals surface area contributed by atoms with Crippen molar-refractivity contribution in [1.29, 1.82) is 0 Å². The Hall–Kier alpha value is -2.90. The molecule has 0 radical (unpaired) electrons. The number of hydrogen-bond donors (Lipinski definition) is 6. The molecule has 1 aliphatic heterocycles. The minimum absolute atomic E-state index is 0.100. The molecule has 0 bridgehead atoms. The summed E-state index contributed by atoms with van der Waals surface area (Å²) in [4.78, 5) is 26.6. The first-order valence-corrected chi connectivity index (χ1v) is 33.2. The molecule has 1 heterocycles. The number of rotatable bonds is 56. The molecule has 1 amide bonds. The van der Waals surface area contributed by atoms with Gasteiger partial charge in [0.1, 0.15) is 24.4 Å². The van der Waals surface area contributed by atoms with Gasteiger partial charge in [-0.25, -0.2) is 0 Å². The summed E-state index contributed by atoms with van der Waals surface area (Å²) >= 11 is 0. The van der Waals surface area contributed by atoms with Crippen molar-refractivity contribution in [3.63, 3.8) is 0 Å². The molecule has 11 nitrogen and oxygen atoms in total. The van der Waals surface area contributed by atoms with E-state index in [1.807, 2.05) is 6.08 Å². The number of carbonyl (C=O) groups is 2. The Morgan fingerprint density at radius 1 is 0.500 bits per heavy atom. The largest absolute Gasteiger partial charge is 0.454 e. The van der Waals surface area contributed by atoms with E-state index in [9.17, 15) is 35.1 Å². The number of aliphatic hydroxyl groups excluding tert-OH is 5. The van der Waals surface area contributed by atoms with Crippen LogP contribution in [0.2, 0.25) is 0 Å². The van der Waals surface area contributed by atoms with Gasteiger partial charge in [-0.1, -0.05) is 286 Å². The van der Waals surface area contributed by atoms with Crippen LogP contribution in [-0.4, -0.2) is 99.6 Å². The maximum atomic E-state index is 13.5. The summed E-state index contributed by atoms with van der Waals surface area (Å²) in [7, 11) is 0. The van der Waals surface area contributed by atoms with Gasteiger partial charge in [-0.05, 0) is 70.6 Å². The maximum Gasteiger partial charge on any atom is 0.306 e. The number of nitrogens with one attached hydrogen (secondary N) is 1. The van der Waals surface area contributed by atoms with Crippen molar-refractivity contribution >= 4 is 11.9 Å². The lowest BCUT2D eigenvalue weighted by molar-refractivity contribution is -0.305. The fourth-order valence-corrected chi connectivity index (χ4v) is 10.1. The molecule has 0 aromatic rings. The van der Waals surface area contributed by atoms with Gasteiger partial charge in [0, 0.05) is 6.42 Å². The van der Waals surface area contributed by atoms with Crippen LogP contribution < -0.4 is 5.32 Å². The van der Waals surface area contributed by atoms with Crippen LogP contribution in [0.3, 0.4) is 0 Å². The van der Waals surface area contributed by atoms with E-state index >= 15 is 0 Å². The van der Waals surface area contributed by atoms with E-state index in [0.717, 1.165) is 103 Å². The van der Waals surface area contributed by atoms with Crippen LogP contribution in [-0.2, 0) is 23.8 Å². The summed E-state index contributed by atoms with van der Waals surface area (Å²) in [6, 6.07) is -1.03. The number of unbranched alkanes of at least 4 members (excludes halogenated alkanes) is 32. The molecule has 0 aliphatic carbocycles. The summed E-state index contributed by atoms with van der Waals surface area (Å²) in [5, 5.41) is 57.1. The van der Waals surface area contributed by atoms with Crippen molar-refractivity contribution in [2.24, 2.45) is 0 Å². The molecule has 80 heavy (non-hydrogen) atoms. The van der Waals surface area contributed by atoms with Crippen LogP contribution in [0.15, 0.2) is 72.9 Å². The number of carbonyl (C=O) groups excluding carboxylic acids is 2. The summed E-state index contributed by atoms with van der Waals surface area (Å²) in [6.07, 6.45) is 62.2. The molecule has 11 heteroatoms. The van der Waals surface area contributed by atoms with Crippen LogP contribution in [0.1, 0.15) is 290 Å². The number of esters is 1. The first-order valence-electron chi connectivity index (χ1n) is 33.2. The lowest BCUT2D eigenvalue weighted by atomic mass is 9.99. The highest BCUT2D eigenvalue weighted by molar-refractivity contribution is 5.80. The molecule has 464 valence electrons. The molecule has 1 aliphatic rings. The van der Waals surface area contributed by atoms with Gasteiger partial charge < -0.3 is 45.1 Å². The van der Waals surface area contributed by atoms with E-state index in [-0.39, 0.29) is 13.0 Å². The number of allylic oxidation sites excluding steroid dienone is 11. The Morgan fingerprint density at radius 3 is 1.35 bits per heavy atom. The SMILES string of the molecule is CC/C=C\C/C=C\C/C=C\C/C=C\C/C=C\CCCCCCCC(=O)OC1C(OCC(NC(=O)C(O)CCCCCCCCCCCCCCCCCCCC)C(O)/C=C/CCCCCCCCCCCC)OC(CO)C(O)C1O. The first kappa shape index (κ1) is 75.1. The van der Waals surface area contributed by atoms with E-state index in [1.54, 1.807) is 6.08 Å². The highest BCUT2D eigenvalue weighted by atomic mass is 16.7. The van der Waals surface area contributed by atoms with Gasteiger partial charge in [-0.15, -0.1) is 0 Å². The van der Waals surface area contributed by atoms with Crippen LogP contribution >= 0.6 is 0 Å². The van der Waals surface area contributed by atoms with Crippen molar-refractivity contribution in [2.45, 2.75) is 339 Å². The molecule has 0 spiro atoms. The maximum absolute atomic E-state index is 13.5. The molecular weight excluding hydrogens is 1000 g/mol. The monoisotopic (exact) mass is 1130 g/mol. The van der Waals surface area contributed by atoms with Gasteiger partial charge in [-0.3, -0.25) is 9.59 Å². The predicted molar refractivity (Wildman–Crippen MR) is 333 cm³/mol. The normalized spacial score (nSPS) is 19.2. The van der Waals surface area contributed by atoms with E-state index in [1.165, 1.54) is 141 Å². The highest BCUT2D eigenvalue weighted by Gasteiger charge is 2.47. The second-order valence-corrected chi connectivity index (χ2v) is 22.8. The Labute approximate surface area is 490 Å². The number of hydrogen-bond acceptors (Lipinski definition) is 10. The molecule has 8 unspecified atom stereocenters.